The number of amides is 1. The summed E-state index contributed by atoms with van der Waals surface area (Å²) in [6.07, 6.45) is 0. The van der Waals surface area contributed by atoms with Crippen LogP contribution in [0.2, 0.25) is 0 Å². The van der Waals surface area contributed by atoms with E-state index in [2.05, 4.69) is 33.9 Å². The first-order valence-corrected chi connectivity index (χ1v) is 6.48. The molecule has 1 unspecified atom stereocenters. The van der Waals surface area contributed by atoms with E-state index in [1.54, 1.807) is 0 Å². The molecule has 0 aliphatic carbocycles. The van der Waals surface area contributed by atoms with Crippen LogP contribution in [0.4, 0.5) is 5.69 Å². The Hall–Kier alpha value is -0.480. The molecule has 1 rings (SSSR count). The van der Waals surface area contributed by atoms with Crippen LogP contribution in [0.3, 0.4) is 0 Å². The highest BCUT2D eigenvalue weighted by atomic mass is 79.9. The third-order valence-corrected chi connectivity index (χ3v) is 4.12. The molecule has 1 amide bonds. The van der Waals surface area contributed by atoms with Gasteiger partial charge in [0.15, 0.2) is 0 Å². The highest BCUT2D eigenvalue weighted by molar-refractivity contribution is 9.10. The highest BCUT2D eigenvalue weighted by Gasteiger charge is 2.18. The van der Waals surface area contributed by atoms with Crippen molar-refractivity contribution in [3.8, 4) is 0 Å². The van der Waals surface area contributed by atoms with E-state index in [1.165, 1.54) is 0 Å². The molecule has 16 heavy (non-hydrogen) atoms. The molecule has 0 spiro atoms. The zero-order valence-electron chi connectivity index (χ0n) is 9.62. The van der Waals surface area contributed by atoms with Gasteiger partial charge in [-0.05, 0) is 30.5 Å². The Labute approximate surface area is 110 Å². The van der Waals surface area contributed by atoms with Gasteiger partial charge in [0.25, 0.3) is 0 Å². The number of rotatable bonds is 3. The van der Waals surface area contributed by atoms with Gasteiger partial charge in [-0.2, -0.15) is 12.6 Å². The third kappa shape index (κ3) is 3.25. The predicted molar refractivity (Wildman–Crippen MR) is 75.1 cm³/mol. The summed E-state index contributed by atoms with van der Waals surface area (Å²) < 4.78 is 0.991. The largest absolute Gasteiger partial charge is 0.325 e. The van der Waals surface area contributed by atoms with Gasteiger partial charge in [0.2, 0.25) is 5.91 Å². The number of carbonyl (C=O) groups is 1. The monoisotopic (exact) mass is 301 g/mol. The fourth-order valence-electron chi connectivity index (χ4n) is 1.25. The smallest absolute Gasteiger partial charge is 0.237 e. The molecule has 0 aliphatic rings. The lowest BCUT2D eigenvalue weighted by atomic mass is 10.1. The van der Waals surface area contributed by atoms with E-state index in [0.29, 0.717) is 0 Å². The lowest BCUT2D eigenvalue weighted by molar-refractivity contribution is -0.116. The molecule has 88 valence electrons. The molecule has 1 N–H and O–H groups in total. The Bertz CT molecular complexity index is 393. The molecule has 0 aromatic heterocycles. The first kappa shape index (κ1) is 13.6. The summed E-state index contributed by atoms with van der Waals surface area (Å²) in [4.78, 5) is 11.8. The molecule has 0 aliphatic heterocycles. The van der Waals surface area contributed by atoms with Crippen LogP contribution in [0.15, 0.2) is 22.7 Å². The Morgan fingerprint density at radius 3 is 2.62 bits per heavy atom. The average Bonchev–Trinajstić information content (AvgIpc) is 2.23. The average molecular weight is 302 g/mol. The molecular formula is C12H16BrNOS. The van der Waals surface area contributed by atoms with Crippen molar-refractivity contribution in [3.05, 3.63) is 28.2 Å². The highest BCUT2D eigenvalue weighted by Crippen LogP contribution is 2.24. The summed E-state index contributed by atoms with van der Waals surface area (Å²) in [6.45, 7) is 5.92. The van der Waals surface area contributed by atoms with Crippen molar-refractivity contribution in [3.63, 3.8) is 0 Å². The fourth-order valence-corrected chi connectivity index (χ4v) is 1.68. The quantitative estimate of drug-likeness (QED) is 0.820. The number of hydrogen-bond donors (Lipinski definition) is 2. The third-order valence-electron chi connectivity index (χ3n) is 2.43. The number of nitrogens with one attached hydrogen (secondary N) is 1. The lowest BCUT2D eigenvalue weighted by Crippen LogP contribution is -2.27. The molecular weight excluding hydrogens is 286 g/mol. The molecule has 0 radical (unpaired) electrons. The van der Waals surface area contributed by atoms with Crippen LogP contribution in [0.5, 0.6) is 0 Å². The van der Waals surface area contributed by atoms with Crippen molar-refractivity contribution in [2.45, 2.75) is 26.0 Å². The van der Waals surface area contributed by atoms with Crippen molar-refractivity contribution >= 4 is 40.2 Å². The lowest BCUT2D eigenvalue weighted by Gasteiger charge is -2.16. The van der Waals surface area contributed by atoms with Crippen molar-refractivity contribution in [2.75, 3.05) is 5.32 Å². The molecule has 2 nitrogen and oxygen atoms in total. The number of benzene rings is 1. The first-order valence-electron chi connectivity index (χ1n) is 5.17. The van der Waals surface area contributed by atoms with Gasteiger partial charge in [0.1, 0.15) is 0 Å². The van der Waals surface area contributed by atoms with E-state index in [-0.39, 0.29) is 17.1 Å². The van der Waals surface area contributed by atoms with Crippen molar-refractivity contribution in [1.82, 2.24) is 0 Å². The van der Waals surface area contributed by atoms with Gasteiger partial charge in [-0.25, -0.2) is 0 Å². The SMILES string of the molecule is Cc1c(Br)cccc1NC(=O)C(S)C(C)C. The van der Waals surface area contributed by atoms with Gasteiger partial charge in [0.05, 0.1) is 5.25 Å². The van der Waals surface area contributed by atoms with E-state index in [0.717, 1.165) is 15.7 Å². The van der Waals surface area contributed by atoms with Crippen molar-refractivity contribution < 1.29 is 4.79 Å². The zero-order valence-corrected chi connectivity index (χ0v) is 12.1. The van der Waals surface area contributed by atoms with Crippen molar-refractivity contribution in [2.24, 2.45) is 5.92 Å². The van der Waals surface area contributed by atoms with Crippen molar-refractivity contribution in [1.29, 1.82) is 0 Å². The fraction of sp³-hybridized carbons (Fsp3) is 0.417. The van der Waals surface area contributed by atoms with Gasteiger partial charge < -0.3 is 5.32 Å². The van der Waals surface area contributed by atoms with Gasteiger partial charge in [0, 0.05) is 10.2 Å². The summed E-state index contributed by atoms with van der Waals surface area (Å²) in [6, 6.07) is 5.74. The molecule has 1 atom stereocenters. The molecule has 0 heterocycles. The summed E-state index contributed by atoms with van der Waals surface area (Å²) in [7, 11) is 0. The molecule has 4 heteroatoms. The Balaban J connectivity index is 2.81. The summed E-state index contributed by atoms with van der Waals surface area (Å²) in [5.74, 6) is 0.162. The van der Waals surface area contributed by atoms with Crippen LogP contribution < -0.4 is 5.32 Å². The van der Waals surface area contributed by atoms with Crippen LogP contribution in [-0.4, -0.2) is 11.2 Å². The van der Waals surface area contributed by atoms with Gasteiger partial charge in [-0.3, -0.25) is 4.79 Å². The van der Waals surface area contributed by atoms with E-state index < -0.39 is 0 Å². The molecule has 0 saturated heterocycles. The predicted octanol–water partition coefficient (Wildman–Crippen LogP) is 3.65. The van der Waals surface area contributed by atoms with E-state index >= 15 is 0 Å². The summed E-state index contributed by atoms with van der Waals surface area (Å²) in [5.41, 5.74) is 1.86. The molecule has 0 bridgehead atoms. The number of anilines is 1. The van der Waals surface area contributed by atoms with Gasteiger partial charge in [-0.15, -0.1) is 0 Å². The van der Waals surface area contributed by atoms with Crippen LogP contribution >= 0.6 is 28.6 Å². The number of halogens is 1. The normalized spacial score (nSPS) is 12.6. The second-order valence-corrected chi connectivity index (χ2v) is 5.50. The van der Waals surface area contributed by atoms with E-state index in [1.807, 2.05) is 39.0 Å². The summed E-state index contributed by atoms with van der Waals surface area (Å²) in [5, 5.41) is 2.61. The minimum atomic E-state index is -0.279. The maximum atomic E-state index is 11.8. The van der Waals surface area contributed by atoms with Crippen LogP contribution in [-0.2, 0) is 4.79 Å². The maximum absolute atomic E-state index is 11.8. The Morgan fingerprint density at radius 1 is 1.44 bits per heavy atom. The minimum absolute atomic E-state index is 0.0560. The Kier molecular flexibility index (Phi) is 4.87. The van der Waals surface area contributed by atoms with Crippen LogP contribution in [0, 0.1) is 12.8 Å². The number of thiol groups is 1. The molecule has 1 aromatic carbocycles. The molecule has 0 saturated carbocycles. The van der Waals surface area contributed by atoms with E-state index in [9.17, 15) is 4.79 Å². The van der Waals surface area contributed by atoms with Crippen LogP contribution in [0.25, 0.3) is 0 Å². The summed E-state index contributed by atoms with van der Waals surface area (Å²) >= 11 is 7.72. The van der Waals surface area contributed by atoms with E-state index in [4.69, 9.17) is 0 Å². The minimum Gasteiger partial charge on any atom is -0.325 e. The van der Waals surface area contributed by atoms with Gasteiger partial charge >= 0.3 is 0 Å². The second-order valence-electron chi connectivity index (χ2n) is 4.09. The maximum Gasteiger partial charge on any atom is 0.237 e. The Morgan fingerprint density at radius 2 is 2.06 bits per heavy atom. The standard InChI is InChI=1S/C12H16BrNOS/c1-7(2)11(16)12(15)14-10-6-4-5-9(13)8(10)3/h4-7,11,16H,1-3H3,(H,14,15). The second kappa shape index (κ2) is 5.73. The number of carbonyl (C=O) groups excluding carboxylic acids is 1. The number of hydrogen-bond acceptors (Lipinski definition) is 2. The molecule has 1 aromatic rings. The zero-order chi connectivity index (χ0) is 12.3. The topological polar surface area (TPSA) is 29.1 Å². The van der Waals surface area contributed by atoms with Crippen LogP contribution in [0.1, 0.15) is 19.4 Å². The molecule has 0 fully saturated rings. The van der Waals surface area contributed by atoms with Gasteiger partial charge in [-0.1, -0.05) is 35.8 Å². The first-order chi connectivity index (χ1) is 7.43.